The number of ether oxygens (including phenoxy) is 1. The number of aliphatic hydroxyl groups is 1. The minimum Gasteiger partial charge on any atom is -0.389 e. The molecule has 1 aliphatic rings. The van der Waals surface area contributed by atoms with E-state index in [4.69, 9.17) is 4.74 Å². The molecule has 22 heavy (non-hydrogen) atoms. The van der Waals surface area contributed by atoms with Gasteiger partial charge in [0.25, 0.3) is 0 Å². The molecule has 1 aliphatic heterocycles. The van der Waals surface area contributed by atoms with Crippen LogP contribution in [0.15, 0.2) is 30.3 Å². The van der Waals surface area contributed by atoms with Crippen molar-refractivity contribution < 1.29 is 14.6 Å². The van der Waals surface area contributed by atoms with Gasteiger partial charge in [0.1, 0.15) is 0 Å². The van der Waals surface area contributed by atoms with E-state index in [1.807, 2.05) is 18.2 Å². The number of likely N-dealkylation sites (tertiary alicyclic amines) is 1. The number of amides is 1. The third kappa shape index (κ3) is 5.09. The minimum absolute atomic E-state index is 0.00536. The fraction of sp³-hybridized carbons (Fsp3) is 0.588. The van der Waals surface area contributed by atoms with E-state index in [9.17, 15) is 9.90 Å². The number of carbonyl (C=O) groups is 1. The molecule has 2 atom stereocenters. The van der Waals surface area contributed by atoms with Gasteiger partial charge in [-0.05, 0) is 24.9 Å². The van der Waals surface area contributed by atoms with Crippen LogP contribution in [0.25, 0.3) is 0 Å². The summed E-state index contributed by atoms with van der Waals surface area (Å²) < 4.78 is 4.87. The molecule has 1 saturated heterocycles. The second-order valence-electron chi connectivity index (χ2n) is 5.82. The summed E-state index contributed by atoms with van der Waals surface area (Å²) in [6.45, 7) is 2.20. The summed E-state index contributed by atoms with van der Waals surface area (Å²) in [5, 5.41) is 12.5. The van der Waals surface area contributed by atoms with Crippen molar-refractivity contribution in [1.29, 1.82) is 0 Å². The molecule has 0 radical (unpaired) electrons. The van der Waals surface area contributed by atoms with E-state index in [1.165, 1.54) is 12.7 Å². The van der Waals surface area contributed by atoms with E-state index in [2.05, 4.69) is 22.3 Å². The Balaban J connectivity index is 1.90. The predicted octanol–water partition coefficient (Wildman–Crippen LogP) is 1.16. The summed E-state index contributed by atoms with van der Waals surface area (Å²) in [4.78, 5) is 14.6. The van der Waals surface area contributed by atoms with Crippen LogP contribution in [0.3, 0.4) is 0 Å². The van der Waals surface area contributed by atoms with Crippen molar-refractivity contribution in [3.63, 3.8) is 0 Å². The van der Waals surface area contributed by atoms with E-state index in [0.717, 1.165) is 32.4 Å². The second-order valence-corrected chi connectivity index (χ2v) is 5.82. The Morgan fingerprint density at radius 1 is 1.41 bits per heavy atom. The van der Waals surface area contributed by atoms with Crippen LogP contribution in [0.2, 0.25) is 0 Å². The molecule has 5 heteroatoms. The van der Waals surface area contributed by atoms with Gasteiger partial charge >= 0.3 is 0 Å². The lowest BCUT2D eigenvalue weighted by atomic mass is 10.0. The molecule has 1 aromatic carbocycles. The smallest absolute Gasteiger partial charge is 0.237 e. The van der Waals surface area contributed by atoms with E-state index >= 15 is 0 Å². The molecule has 5 nitrogen and oxygen atoms in total. The zero-order valence-electron chi connectivity index (χ0n) is 13.2. The number of piperidine rings is 1. The summed E-state index contributed by atoms with van der Waals surface area (Å²) >= 11 is 0. The molecule has 0 aromatic heterocycles. The van der Waals surface area contributed by atoms with Crippen LogP contribution in [0, 0.1) is 0 Å². The Bertz CT molecular complexity index is 452. The van der Waals surface area contributed by atoms with Gasteiger partial charge in [0, 0.05) is 20.2 Å². The van der Waals surface area contributed by atoms with E-state index in [0.29, 0.717) is 0 Å². The van der Waals surface area contributed by atoms with Gasteiger partial charge in [-0.15, -0.1) is 0 Å². The lowest BCUT2D eigenvalue weighted by molar-refractivity contribution is -0.128. The number of benzene rings is 1. The highest BCUT2D eigenvalue weighted by atomic mass is 16.5. The number of hydrogen-bond acceptors (Lipinski definition) is 4. The third-order valence-electron chi connectivity index (χ3n) is 4.02. The van der Waals surface area contributed by atoms with Gasteiger partial charge in [-0.25, -0.2) is 0 Å². The first-order chi connectivity index (χ1) is 10.7. The van der Waals surface area contributed by atoms with Gasteiger partial charge < -0.3 is 15.2 Å². The van der Waals surface area contributed by atoms with Crippen molar-refractivity contribution in [2.24, 2.45) is 0 Å². The van der Waals surface area contributed by atoms with Crippen molar-refractivity contribution in [2.45, 2.75) is 38.0 Å². The van der Waals surface area contributed by atoms with Crippen molar-refractivity contribution in [3.05, 3.63) is 35.9 Å². The van der Waals surface area contributed by atoms with Gasteiger partial charge in [-0.2, -0.15) is 0 Å². The lowest BCUT2D eigenvalue weighted by Gasteiger charge is -2.34. The monoisotopic (exact) mass is 306 g/mol. The molecule has 0 aliphatic carbocycles. The number of carbonyl (C=O) groups excluding carboxylic acids is 1. The van der Waals surface area contributed by atoms with Crippen LogP contribution in [0.4, 0.5) is 0 Å². The maximum absolute atomic E-state index is 12.4. The van der Waals surface area contributed by atoms with Gasteiger partial charge in [-0.3, -0.25) is 9.69 Å². The normalized spacial score (nSPS) is 20.5. The summed E-state index contributed by atoms with van der Waals surface area (Å²) in [6, 6.07) is 10.1. The molecule has 0 spiro atoms. The van der Waals surface area contributed by atoms with Crippen molar-refractivity contribution in [1.82, 2.24) is 10.2 Å². The van der Waals surface area contributed by atoms with Gasteiger partial charge in [-0.1, -0.05) is 36.8 Å². The number of rotatable bonds is 7. The molecule has 2 unspecified atom stereocenters. The molecular weight excluding hydrogens is 280 g/mol. The molecule has 2 N–H and O–H groups in total. The number of aliphatic hydroxyl groups excluding tert-OH is 1. The van der Waals surface area contributed by atoms with Crippen LogP contribution in [0.5, 0.6) is 0 Å². The molecule has 0 bridgehead atoms. The van der Waals surface area contributed by atoms with Crippen LogP contribution in [-0.2, 0) is 16.1 Å². The molecule has 1 amide bonds. The number of methoxy groups -OCH3 is 1. The molecular formula is C17H26N2O3. The molecule has 122 valence electrons. The fourth-order valence-corrected chi connectivity index (χ4v) is 2.88. The molecule has 0 saturated carbocycles. The first-order valence-corrected chi connectivity index (χ1v) is 7.93. The largest absolute Gasteiger partial charge is 0.389 e. The Kier molecular flexibility index (Phi) is 6.83. The zero-order valence-corrected chi connectivity index (χ0v) is 13.2. The van der Waals surface area contributed by atoms with Crippen LogP contribution >= 0.6 is 0 Å². The van der Waals surface area contributed by atoms with Crippen LogP contribution in [0.1, 0.15) is 24.8 Å². The van der Waals surface area contributed by atoms with E-state index in [-0.39, 0.29) is 25.1 Å². The van der Waals surface area contributed by atoms with Crippen molar-refractivity contribution in [2.75, 3.05) is 26.8 Å². The summed E-state index contributed by atoms with van der Waals surface area (Å²) in [5.74, 6) is 0.00536. The van der Waals surface area contributed by atoms with E-state index < -0.39 is 6.10 Å². The van der Waals surface area contributed by atoms with Gasteiger partial charge in [0.15, 0.2) is 0 Å². The van der Waals surface area contributed by atoms with Crippen LogP contribution in [-0.4, -0.2) is 54.9 Å². The molecule has 2 rings (SSSR count). The highest BCUT2D eigenvalue weighted by Gasteiger charge is 2.28. The standard InChI is InChI=1S/C17H26N2O3/c1-22-13-15(20)11-18-17(21)16-9-5-6-10-19(16)12-14-7-3-2-4-8-14/h2-4,7-8,15-16,20H,5-6,9-13H2,1H3,(H,18,21). The Hall–Kier alpha value is -1.43. The lowest BCUT2D eigenvalue weighted by Crippen LogP contribution is -2.50. The average Bonchev–Trinajstić information content (AvgIpc) is 2.54. The van der Waals surface area contributed by atoms with Crippen molar-refractivity contribution in [3.8, 4) is 0 Å². The van der Waals surface area contributed by atoms with Gasteiger partial charge in [0.2, 0.25) is 5.91 Å². The molecule has 1 fully saturated rings. The van der Waals surface area contributed by atoms with E-state index in [1.54, 1.807) is 0 Å². The number of hydrogen-bond donors (Lipinski definition) is 2. The van der Waals surface area contributed by atoms with Crippen LogP contribution < -0.4 is 5.32 Å². The highest BCUT2D eigenvalue weighted by molar-refractivity contribution is 5.81. The Morgan fingerprint density at radius 3 is 2.91 bits per heavy atom. The SMILES string of the molecule is COCC(O)CNC(=O)C1CCCCN1Cc1ccccc1. The number of nitrogens with one attached hydrogen (secondary N) is 1. The quantitative estimate of drug-likeness (QED) is 0.794. The first-order valence-electron chi connectivity index (χ1n) is 7.93. The third-order valence-corrected chi connectivity index (χ3v) is 4.02. The summed E-state index contributed by atoms with van der Waals surface area (Å²) in [6.07, 6.45) is 2.42. The first kappa shape index (κ1) is 16.9. The minimum atomic E-state index is -0.653. The predicted molar refractivity (Wildman–Crippen MR) is 85.4 cm³/mol. The topological polar surface area (TPSA) is 61.8 Å². The maximum atomic E-state index is 12.4. The summed E-state index contributed by atoms with van der Waals surface area (Å²) in [5.41, 5.74) is 1.22. The van der Waals surface area contributed by atoms with Crippen molar-refractivity contribution >= 4 is 5.91 Å². The second kappa shape index (κ2) is 8.88. The summed E-state index contributed by atoms with van der Waals surface area (Å²) in [7, 11) is 1.54. The Labute approximate surface area is 132 Å². The molecule has 1 heterocycles. The highest BCUT2D eigenvalue weighted by Crippen LogP contribution is 2.19. The average molecular weight is 306 g/mol. The fourth-order valence-electron chi connectivity index (χ4n) is 2.88. The number of nitrogens with zero attached hydrogens (tertiary/aromatic N) is 1. The van der Waals surface area contributed by atoms with Gasteiger partial charge in [0.05, 0.1) is 18.8 Å². The Morgan fingerprint density at radius 2 is 2.18 bits per heavy atom. The zero-order chi connectivity index (χ0) is 15.8. The maximum Gasteiger partial charge on any atom is 0.237 e. The molecule has 1 aromatic rings.